The second-order valence-electron chi connectivity index (χ2n) is 8.34. The first-order valence-corrected chi connectivity index (χ1v) is 11.8. The number of amides is 1. The summed E-state index contributed by atoms with van der Waals surface area (Å²) < 4.78 is 12.5. The quantitative estimate of drug-likeness (QED) is 0.428. The lowest BCUT2D eigenvalue weighted by Gasteiger charge is -2.24. The van der Waals surface area contributed by atoms with Gasteiger partial charge in [-0.05, 0) is 31.2 Å². The van der Waals surface area contributed by atoms with Gasteiger partial charge in [-0.1, -0.05) is 44.2 Å². The van der Waals surface area contributed by atoms with Gasteiger partial charge in [-0.25, -0.2) is 4.79 Å². The van der Waals surface area contributed by atoms with Crippen LogP contribution in [-0.2, 0) is 28.9 Å². The summed E-state index contributed by atoms with van der Waals surface area (Å²) in [7, 11) is 1.32. The van der Waals surface area contributed by atoms with Crippen molar-refractivity contribution in [3.63, 3.8) is 0 Å². The molecule has 0 aliphatic carbocycles. The highest BCUT2D eigenvalue weighted by Crippen LogP contribution is 2.25. The van der Waals surface area contributed by atoms with Crippen molar-refractivity contribution in [3.05, 3.63) is 63.6 Å². The van der Waals surface area contributed by atoms with Crippen molar-refractivity contribution in [2.75, 3.05) is 26.8 Å². The topological polar surface area (TPSA) is 77.8 Å². The number of aryl methyl sites for hydroxylation is 1. The van der Waals surface area contributed by atoms with E-state index in [9.17, 15) is 14.4 Å². The van der Waals surface area contributed by atoms with Gasteiger partial charge in [0.25, 0.3) is 5.56 Å². The molecule has 0 fully saturated rings. The monoisotopic (exact) mass is 454 g/mol. The molecule has 2 aromatic rings. The van der Waals surface area contributed by atoms with Crippen LogP contribution in [0.1, 0.15) is 54.7 Å². The molecule has 0 radical (unpaired) electrons. The van der Waals surface area contributed by atoms with Crippen LogP contribution < -0.4 is 10.3 Å². The Kier molecular flexibility index (Phi) is 8.69. The summed E-state index contributed by atoms with van der Waals surface area (Å²) in [5, 5.41) is 0. The van der Waals surface area contributed by atoms with E-state index in [1.54, 1.807) is 4.57 Å². The minimum atomic E-state index is -0.531. The first-order chi connectivity index (χ1) is 16.0. The largest absolute Gasteiger partial charge is 0.492 e. The third-order valence-electron chi connectivity index (χ3n) is 6.34. The van der Waals surface area contributed by atoms with Crippen LogP contribution in [0.5, 0.6) is 5.75 Å². The van der Waals surface area contributed by atoms with Gasteiger partial charge in [-0.3, -0.25) is 9.59 Å². The second kappa shape index (κ2) is 11.7. The molecule has 0 atom stereocenters. The minimum absolute atomic E-state index is 0.0217. The lowest BCUT2D eigenvalue weighted by Crippen LogP contribution is -2.38. The van der Waals surface area contributed by atoms with Crippen LogP contribution >= 0.6 is 0 Å². The van der Waals surface area contributed by atoms with Crippen LogP contribution in [-0.4, -0.2) is 48.1 Å². The molecular formula is C26H34N2O5. The van der Waals surface area contributed by atoms with Crippen molar-refractivity contribution in [1.82, 2.24) is 9.47 Å². The summed E-state index contributed by atoms with van der Waals surface area (Å²) in [6.07, 6.45) is 3.55. The number of hydrogen-bond acceptors (Lipinski definition) is 5. The third kappa shape index (κ3) is 5.83. The molecule has 0 N–H and O–H groups in total. The van der Waals surface area contributed by atoms with E-state index in [2.05, 4.69) is 12.1 Å². The maximum absolute atomic E-state index is 12.9. The first kappa shape index (κ1) is 24.6. The number of aromatic nitrogens is 1. The van der Waals surface area contributed by atoms with Crippen LogP contribution in [0.15, 0.2) is 41.2 Å². The molecule has 1 aliphatic heterocycles. The van der Waals surface area contributed by atoms with E-state index in [-0.39, 0.29) is 28.7 Å². The Morgan fingerprint density at radius 1 is 1.06 bits per heavy atom. The van der Waals surface area contributed by atoms with Crippen molar-refractivity contribution in [2.24, 2.45) is 5.92 Å². The van der Waals surface area contributed by atoms with Gasteiger partial charge in [0.15, 0.2) is 0 Å². The van der Waals surface area contributed by atoms with E-state index in [0.717, 1.165) is 25.7 Å². The van der Waals surface area contributed by atoms with Crippen molar-refractivity contribution in [1.29, 1.82) is 0 Å². The molecule has 33 heavy (non-hydrogen) atoms. The molecule has 1 amide bonds. The Labute approximate surface area is 195 Å². The van der Waals surface area contributed by atoms with E-state index in [0.29, 0.717) is 38.4 Å². The number of hydrogen-bond donors (Lipinski definition) is 0. The van der Waals surface area contributed by atoms with Crippen LogP contribution in [0.2, 0.25) is 0 Å². The zero-order chi connectivity index (χ0) is 23.8. The van der Waals surface area contributed by atoms with Crippen molar-refractivity contribution in [3.8, 4) is 5.75 Å². The van der Waals surface area contributed by atoms with E-state index in [1.165, 1.54) is 18.7 Å². The highest BCUT2D eigenvalue weighted by Gasteiger charge is 2.29. The zero-order valence-corrected chi connectivity index (χ0v) is 19.8. The van der Waals surface area contributed by atoms with Gasteiger partial charge in [-0.15, -0.1) is 0 Å². The highest BCUT2D eigenvalue weighted by molar-refractivity contribution is 5.93. The van der Waals surface area contributed by atoms with E-state index < -0.39 is 5.97 Å². The third-order valence-corrected chi connectivity index (χ3v) is 6.34. The minimum Gasteiger partial charge on any atom is -0.492 e. The Morgan fingerprint density at radius 2 is 1.79 bits per heavy atom. The number of esters is 1. The van der Waals surface area contributed by atoms with E-state index >= 15 is 0 Å². The van der Waals surface area contributed by atoms with Crippen LogP contribution in [0.4, 0.5) is 0 Å². The van der Waals surface area contributed by atoms with Gasteiger partial charge in [0.2, 0.25) is 5.91 Å². The first-order valence-electron chi connectivity index (χ1n) is 11.8. The van der Waals surface area contributed by atoms with Gasteiger partial charge < -0.3 is 18.9 Å². The molecule has 3 rings (SSSR count). The molecule has 1 aromatic carbocycles. The molecule has 0 saturated heterocycles. The molecule has 7 nitrogen and oxygen atoms in total. The molecule has 0 spiro atoms. The fraction of sp³-hybridized carbons (Fsp3) is 0.500. The summed E-state index contributed by atoms with van der Waals surface area (Å²) in [5.74, 6) is -0.188. The summed E-state index contributed by atoms with van der Waals surface area (Å²) in [6.45, 7) is 5.65. The van der Waals surface area contributed by atoms with Gasteiger partial charge in [0.05, 0.1) is 13.7 Å². The molecule has 0 bridgehead atoms. The molecule has 1 aromatic heterocycles. The standard InChI is InChI=1S/C26H34N2O5/c1-4-20(5-2)25(30)27-14-13-21-24(26(31)32-3)22(18-23(29)28(21)16-15-27)33-17-9-12-19-10-7-6-8-11-19/h6-8,10-11,18,20H,4-5,9,12-17H2,1-3H3. The zero-order valence-electron chi connectivity index (χ0n) is 19.8. The SMILES string of the molecule is CCC(CC)C(=O)N1CCc2c(C(=O)OC)c(OCCCc3ccccc3)cc(=O)n2CC1. The predicted molar refractivity (Wildman–Crippen MR) is 127 cm³/mol. The fourth-order valence-electron chi connectivity index (χ4n) is 4.40. The van der Waals surface area contributed by atoms with Crippen LogP contribution in [0.25, 0.3) is 0 Å². The molecular weight excluding hydrogens is 420 g/mol. The number of benzene rings is 1. The van der Waals surface area contributed by atoms with Crippen molar-refractivity contribution < 1.29 is 19.1 Å². The Morgan fingerprint density at radius 3 is 2.45 bits per heavy atom. The summed E-state index contributed by atoms with van der Waals surface area (Å²) in [6, 6.07) is 11.5. The van der Waals surface area contributed by atoms with E-state index in [1.807, 2.05) is 36.9 Å². The normalized spacial score (nSPS) is 13.4. The average molecular weight is 455 g/mol. The Bertz CT molecular complexity index is 1010. The molecule has 1 aliphatic rings. The lowest BCUT2D eigenvalue weighted by molar-refractivity contribution is -0.135. The summed E-state index contributed by atoms with van der Waals surface area (Å²) >= 11 is 0. The van der Waals surface area contributed by atoms with Gasteiger partial charge in [0.1, 0.15) is 11.3 Å². The Balaban J connectivity index is 1.80. The number of rotatable bonds is 9. The second-order valence-corrected chi connectivity index (χ2v) is 8.34. The predicted octanol–water partition coefficient (Wildman–Crippen LogP) is 3.47. The lowest BCUT2D eigenvalue weighted by atomic mass is 10.0. The fourth-order valence-corrected chi connectivity index (χ4v) is 4.40. The van der Waals surface area contributed by atoms with Crippen LogP contribution in [0, 0.1) is 5.92 Å². The number of carbonyl (C=O) groups is 2. The number of ether oxygens (including phenoxy) is 2. The summed E-state index contributed by atoms with van der Waals surface area (Å²) in [5.41, 5.74) is 1.84. The maximum atomic E-state index is 12.9. The van der Waals surface area contributed by atoms with Crippen molar-refractivity contribution >= 4 is 11.9 Å². The number of fused-ring (bicyclic) bond motifs is 1. The average Bonchev–Trinajstić information content (AvgIpc) is 3.06. The van der Waals surface area contributed by atoms with Crippen molar-refractivity contribution in [2.45, 2.75) is 52.5 Å². The van der Waals surface area contributed by atoms with Gasteiger partial charge in [-0.2, -0.15) is 0 Å². The number of carbonyl (C=O) groups excluding carboxylic acids is 2. The van der Waals surface area contributed by atoms with Gasteiger partial charge >= 0.3 is 5.97 Å². The van der Waals surface area contributed by atoms with Gasteiger partial charge in [0, 0.05) is 43.7 Å². The molecule has 178 valence electrons. The number of methoxy groups -OCH3 is 1. The van der Waals surface area contributed by atoms with Crippen LogP contribution in [0.3, 0.4) is 0 Å². The Hall–Kier alpha value is -3.09. The molecule has 2 heterocycles. The maximum Gasteiger partial charge on any atom is 0.343 e. The summed E-state index contributed by atoms with van der Waals surface area (Å²) in [4.78, 5) is 40.3. The molecule has 7 heteroatoms. The highest BCUT2D eigenvalue weighted by atomic mass is 16.5. The molecule has 0 unspecified atom stereocenters. The molecule has 0 saturated carbocycles. The smallest absolute Gasteiger partial charge is 0.343 e. The number of nitrogens with zero attached hydrogens (tertiary/aromatic N) is 2. The van der Waals surface area contributed by atoms with E-state index in [4.69, 9.17) is 9.47 Å². The number of pyridine rings is 1.